The van der Waals surface area contributed by atoms with E-state index in [2.05, 4.69) is 10.3 Å². The van der Waals surface area contributed by atoms with Crippen LogP contribution in [0.1, 0.15) is 23.0 Å². The number of aliphatic hydroxyl groups is 1. The monoisotopic (exact) mass is 421 g/mol. The van der Waals surface area contributed by atoms with E-state index < -0.39 is 49.2 Å². The van der Waals surface area contributed by atoms with Gasteiger partial charge in [-0.2, -0.15) is 13.2 Å². The molecule has 4 N–H and O–H groups in total. The Morgan fingerprint density at radius 1 is 1.32 bits per heavy atom. The molecule has 2 aromatic rings. The summed E-state index contributed by atoms with van der Waals surface area (Å²) in [6.45, 7) is 1.32. The third-order valence-electron chi connectivity index (χ3n) is 3.52. The van der Waals surface area contributed by atoms with Crippen molar-refractivity contribution in [3.05, 3.63) is 47.5 Å². The van der Waals surface area contributed by atoms with Crippen molar-refractivity contribution < 1.29 is 35.9 Å². The molecule has 1 amide bonds. The second-order valence-electron chi connectivity index (χ2n) is 5.81. The van der Waals surface area contributed by atoms with Crippen LogP contribution in [0.5, 0.6) is 0 Å². The fourth-order valence-electron chi connectivity index (χ4n) is 2.14. The van der Waals surface area contributed by atoms with E-state index >= 15 is 0 Å². The number of anilines is 1. The third-order valence-corrected chi connectivity index (χ3v) is 5.28. The summed E-state index contributed by atoms with van der Waals surface area (Å²) in [5.41, 5.74) is 3.61. The molecule has 12 heteroatoms. The van der Waals surface area contributed by atoms with Gasteiger partial charge in [-0.05, 0) is 31.2 Å². The molecule has 0 aliphatic carbocycles. The zero-order chi connectivity index (χ0) is 21.3. The molecule has 0 saturated carbocycles. The van der Waals surface area contributed by atoms with Crippen LogP contribution in [0.4, 0.5) is 23.2 Å². The van der Waals surface area contributed by atoms with Gasteiger partial charge in [0.05, 0.1) is 22.3 Å². The maximum Gasteiger partial charge on any atom is 0.416 e. The second-order valence-corrected chi connectivity index (χ2v) is 7.73. The first kappa shape index (κ1) is 21.6. The number of carbonyl (C=O) groups is 1. The second kappa shape index (κ2) is 7.72. The molecule has 0 saturated heterocycles. The highest BCUT2D eigenvalue weighted by Gasteiger charge is 2.33. The molecule has 1 aromatic carbocycles. The highest BCUT2D eigenvalue weighted by atomic mass is 32.2. The number of pyridine rings is 1. The highest BCUT2D eigenvalue weighted by molar-refractivity contribution is 7.91. The molecule has 1 heterocycles. The summed E-state index contributed by atoms with van der Waals surface area (Å²) in [6, 6.07) is 1.84. The maximum absolute atomic E-state index is 14.0. The Morgan fingerprint density at radius 3 is 2.46 bits per heavy atom. The number of aromatic nitrogens is 1. The predicted octanol–water partition coefficient (Wildman–Crippen LogP) is 1.77. The van der Waals surface area contributed by atoms with Crippen LogP contribution >= 0.6 is 0 Å². The Bertz CT molecular complexity index is 1010. The average Bonchev–Trinajstić information content (AvgIpc) is 2.58. The number of carbonyl (C=O) groups excluding carboxylic acids is 1. The largest absolute Gasteiger partial charge is 0.416 e. The van der Waals surface area contributed by atoms with Gasteiger partial charge in [-0.25, -0.2) is 17.8 Å². The minimum atomic E-state index is -4.84. The first-order chi connectivity index (χ1) is 12.8. The van der Waals surface area contributed by atoms with Crippen molar-refractivity contribution in [3.8, 4) is 0 Å². The molecule has 7 nitrogen and oxygen atoms in total. The van der Waals surface area contributed by atoms with E-state index in [9.17, 15) is 30.8 Å². The van der Waals surface area contributed by atoms with Gasteiger partial charge in [0, 0.05) is 12.7 Å². The number of amides is 1. The van der Waals surface area contributed by atoms with Crippen molar-refractivity contribution in [3.63, 3.8) is 0 Å². The Kier molecular flexibility index (Phi) is 5.94. The fraction of sp³-hybridized carbons (Fsp3) is 0.250. The van der Waals surface area contributed by atoms with Crippen molar-refractivity contribution in [1.82, 2.24) is 10.3 Å². The van der Waals surface area contributed by atoms with Gasteiger partial charge in [0.25, 0.3) is 5.91 Å². The van der Waals surface area contributed by atoms with Gasteiger partial charge in [0.15, 0.2) is 5.69 Å². The van der Waals surface area contributed by atoms with E-state index in [1.165, 1.54) is 6.92 Å². The van der Waals surface area contributed by atoms with Crippen LogP contribution in [0.25, 0.3) is 0 Å². The molecule has 1 unspecified atom stereocenters. The number of nitrogens with two attached hydrogens (primary N) is 1. The van der Waals surface area contributed by atoms with E-state index in [1.807, 2.05) is 0 Å². The normalized spacial score (nSPS) is 13.2. The summed E-state index contributed by atoms with van der Waals surface area (Å²) in [6.07, 6.45) is -4.94. The van der Waals surface area contributed by atoms with Crippen molar-refractivity contribution in [2.75, 3.05) is 12.3 Å². The van der Waals surface area contributed by atoms with E-state index in [1.54, 1.807) is 0 Å². The lowest BCUT2D eigenvalue weighted by molar-refractivity contribution is -0.137. The van der Waals surface area contributed by atoms with Gasteiger partial charge >= 0.3 is 6.18 Å². The van der Waals surface area contributed by atoms with Crippen molar-refractivity contribution in [2.24, 2.45) is 0 Å². The average molecular weight is 421 g/mol. The molecule has 1 atom stereocenters. The Balaban J connectivity index is 2.39. The maximum atomic E-state index is 14.0. The Labute approximate surface area is 157 Å². The smallest absolute Gasteiger partial charge is 0.397 e. The fourth-order valence-corrected chi connectivity index (χ4v) is 3.43. The number of nitrogens with one attached hydrogen (secondary N) is 1. The first-order valence-corrected chi connectivity index (χ1v) is 9.16. The summed E-state index contributed by atoms with van der Waals surface area (Å²) >= 11 is 0. The quantitative estimate of drug-likeness (QED) is 0.633. The number of benzene rings is 1. The van der Waals surface area contributed by atoms with Gasteiger partial charge in [0.2, 0.25) is 9.84 Å². The Morgan fingerprint density at radius 2 is 1.96 bits per heavy atom. The van der Waals surface area contributed by atoms with Crippen molar-refractivity contribution >= 4 is 21.4 Å². The lowest BCUT2D eigenvalue weighted by atomic mass is 10.2. The molecule has 1 aromatic heterocycles. The van der Waals surface area contributed by atoms with E-state index in [0.717, 1.165) is 12.3 Å². The molecule has 0 spiro atoms. The number of rotatable bonds is 5. The number of halogens is 4. The summed E-state index contributed by atoms with van der Waals surface area (Å²) in [7, 11) is -4.58. The number of hydrogen-bond donors (Lipinski definition) is 3. The minimum Gasteiger partial charge on any atom is -0.397 e. The third kappa shape index (κ3) is 4.57. The number of aliphatic hydroxyl groups excluding tert-OH is 1. The van der Waals surface area contributed by atoms with E-state index in [0.29, 0.717) is 12.1 Å². The molecule has 0 fully saturated rings. The van der Waals surface area contributed by atoms with Gasteiger partial charge in [-0.15, -0.1) is 0 Å². The summed E-state index contributed by atoms with van der Waals surface area (Å²) < 4.78 is 76.9. The summed E-state index contributed by atoms with van der Waals surface area (Å²) in [5.74, 6) is -2.37. The molecule has 0 aliphatic heterocycles. The Hall–Kier alpha value is -2.73. The lowest BCUT2D eigenvalue weighted by Gasteiger charge is -2.12. The number of nitrogens with zero attached hydrogens (tertiary/aromatic N) is 1. The van der Waals surface area contributed by atoms with Crippen molar-refractivity contribution in [1.29, 1.82) is 0 Å². The molecule has 0 bridgehead atoms. The molecule has 28 heavy (non-hydrogen) atoms. The predicted molar refractivity (Wildman–Crippen MR) is 89.5 cm³/mol. The van der Waals surface area contributed by atoms with Crippen LogP contribution in [0.3, 0.4) is 0 Å². The van der Waals surface area contributed by atoms with E-state index in [-0.39, 0.29) is 24.0 Å². The van der Waals surface area contributed by atoms with Crippen LogP contribution < -0.4 is 11.1 Å². The van der Waals surface area contributed by atoms with Gasteiger partial charge in [-0.1, -0.05) is 0 Å². The lowest BCUT2D eigenvalue weighted by Crippen LogP contribution is -2.31. The highest BCUT2D eigenvalue weighted by Crippen LogP contribution is 2.32. The summed E-state index contributed by atoms with van der Waals surface area (Å²) in [4.78, 5) is 13.9. The van der Waals surface area contributed by atoms with Gasteiger partial charge in [0.1, 0.15) is 10.7 Å². The van der Waals surface area contributed by atoms with Crippen LogP contribution in [0.2, 0.25) is 0 Å². The summed E-state index contributed by atoms with van der Waals surface area (Å²) in [5, 5.41) is 11.4. The zero-order valence-electron chi connectivity index (χ0n) is 14.3. The molecule has 0 radical (unpaired) electrons. The van der Waals surface area contributed by atoms with Crippen LogP contribution in [-0.4, -0.2) is 37.1 Å². The minimum absolute atomic E-state index is 0.0710. The first-order valence-electron chi connectivity index (χ1n) is 7.67. The topological polar surface area (TPSA) is 122 Å². The number of alkyl halides is 3. The molecule has 152 valence electrons. The molecule has 2 rings (SSSR count). The van der Waals surface area contributed by atoms with Crippen LogP contribution in [0, 0.1) is 5.82 Å². The molecule has 0 aliphatic rings. The van der Waals surface area contributed by atoms with Crippen molar-refractivity contribution in [2.45, 2.75) is 29.0 Å². The van der Waals surface area contributed by atoms with Gasteiger partial charge < -0.3 is 16.2 Å². The van der Waals surface area contributed by atoms with Crippen LogP contribution in [0.15, 0.2) is 40.3 Å². The number of sulfone groups is 1. The molecular formula is C16H15F4N3O4S. The van der Waals surface area contributed by atoms with Gasteiger partial charge in [-0.3, -0.25) is 4.79 Å². The molecular weight excluding hydrogens is 406 g/mol. The SMILES string of the molecule is CC(O)CNC(=O)c1ncc(S(=O)(=O)c2ccc(C(F)(F)F)cc2F)cc1N. The van der Waals surface area contributed by atoms with E-state index in [4.69, 9.17) is 10.8 Å². The standard InChI is InChI=1S/C16H15F4N3O4S/c1-8(24)6-23-15(25)14-12(21)5-10(7-22-14)28(26,27)13-3-2-9(4-11(13)17)16(18,19)20/h2-5,7-8,24H,6,21H2,1H3,(H,23,25). The number of hydrogen-bond acceptors (Lipinski definition) is 6. The zero-order valence-corrected chi connectivity index (χ0v) is 15.1. The number of nitrogen functional groups attached to an aromatic ring is 1. The van der Waals surface area contributed by atoms with Crippen LogP contribution in [-0.2, 0) is 16.0 Å².